The van der Waals surface area contributed by atoms with Gasteiger partial charge in [-0.25, -0.2) is 10.5 Å². The highest BCUT2D eigenvalue weighted by Crippen LogP contribution is 2.49. The Labute approximate surface area is 149 Å². The van der Waals surface area contributed by atoms with Crippen LogP contribution < -0.4 is 5.48 Å². The van der Waals surface area contributed by atoms with Gasteiger partial charge in [-0.3, -0.25) is 29.3 Å². The molecule has 1 aromatic rings. The van der Waals surface area contributed by atoms with Crippen LogP contribution in [-0.4, -0.2) is 67.8 Å². The van der Waals surface area contributed by atoms with Gasteiger partial charge in [0, 0.05) is 33.1 Å². The van der Waals surface area contributed by atoms with E-state index in [1.807, 2.05) is 0 Å². The fourth-order valence-corrected chi connectivity index (χ4v) is 3.30. The summed E-state index contributed by atoms with van der Waals surface area (Å²) in [5, 5.41) is 9.04. The standard InChI is InChI=1S/C16H21N5O5/c1-19-8-11(17-9-19)16(5-6-16)15(25)20(2)10(14(24)18-26)7-21-12(22)3-4-13(21)23/h8-10,26H,3-7H2,1-2H3,(H,18,24)/t10-/m1/s1. The van der Waals surface area contributed by atoms with E-state index in [1.54, 1.807) is 24.1 Å². The Bertz CT molecular complexity index is 753. The molecule has 2 fully saturated rings. The summed E-state index contributed by atoms with van der Waals surface area (Å²) in [6.45, 7) is -0.287. The summed E-state index contributed by atoms with van der Waals surface area (Å²) >= 11 is 0. The predicted molar refractivity (Wildman–Crippen MR) is 86.6 cm³/mol. The molecule has 0 radical (unpaired) electrons. The SMILES string of the molecule is CN(C(=O)C1(c2cn(C)cn2)CC1)[C@H](CN1C(=O)CCC1=O)C(=O)NO. The van der Waals surface area contributed by atoms with Crippen LogP contribution in [0.4, 0.5) is 0 Å². The summed E-state index contributed by atoms with van der Waals surface area (Å²) in [5.41, 5.74) is 1.33. The van der Waals surface area contributed by atoms with Crippen molar-refractivity contribution in [3.05, 3.63) is 18.2 Å². The molecular formula is C16H21N5O5. The van der Waals surface area contributed by atoms with Crippen LogP contribution in [0.2, 0.25) is 0 Å². The summed E-state index contributed by atoms with van der Waals surface area (Å²) in [6, 6.07) is -1.18. The van der Waals surface area contributed by atoms with E-state index in [0.29, 0.717) is 18.5 Å². The van der Waals surface area contributed by atoms with Crippen LogP contribution in [-0.2, 0) is 31.6 Å². The van der Waals surface area contributed by atoms with Crippen LogP contribution in [0.5, 0.6) is 0 Å². The Morgan fingerprint density at radius 3 is 2.42 bits per heavy atom. The number of likely N-dealkylation sites (N-methyl/N-ethyl adjacent to an activating group) is 1. The minimum Gasteiger partial charge on any atom is -0.340 e. The first kappa shape index (κ1) is 18.1. The number of nitrogens with zero attached hydrogens (tertiary/aromatic N) is 4. The lowest BCUT2D eigenvalue weighted by Crippen LogP contribution is -2.55. The number of imide groups is 1. The number of carbonyl (C=O) groups excluding carboxylic acids is 4. The number of nitrogens with one attached hydrogen (secondary N) is 1. The Morgan fingerprint density at radius 1 is 1.35 bits per heavy atom. The number of aromatic nitrogens is 2. The van der Waals surface area contributed by atoms with Gasteiger partial charge >= 0.3 is 0 Å². The van der Waals surface area contributed by atoms with Crippen LogP contribution >= 0.6 is 0 Å². The van der Waals surface area contributed by atoms with Crippen LogP contribution in [0, 0.1) is 0 Å². The van der Waals surface area contributed by atoms with Gasteiger partial charge in [0.05, 0.1) is 24.0 Å². The number of rotatable bonds is 6. The van der Waals surface area contributed by atoms with Crippen molar-refractivity contribution in [1.29, 1.82) is 0 Å². The van der Waals surface area contributed by atoms with Crippen LogP contribution in [0.25, 0.3) is 0 Å². The first-order valence-electron chi connectivity index (χ1n) is 8.33. The molecule has 1 atom stereocenters. The van der Waals surface area contributed by atoms with Crippen LogP contribution in [0.3, 0.4) is 0 Å². The number of hydroxylamine groups is 1. The van der Waals surface area contributed by atoms with Crippen molar-refractivity contribution in [3.63, 3.8) is 0 Å². The highest BCUT2D eigenvalue weighted by atomic mass is 16.5. The van der Waals surface area contributed by atoms with Gasteiger partial charge in [-0.2, -0.15) is 0 Å². The molecule has 2 heterocycles. The molecule has 140 valence electrons. The van der Waals surface area contributed by atoms with Gasteiger partial charge < -0.3 is 9.47 Å². The van der Waals surface area contributed by atoms with Gasteiger partial charge in [-0.1, -0.05) is 0 Å². The van der Waals surface area contributed by atoms with Gasteiger partial charge in [-0.15, -0.1) is 0 Å². The van der Waals surface area contributed by atoms with Gasteiger partial charge in [0.25, 0.3) is 5.91 Å². The number of hydrogen-bond donors (Lipinski definition) is 2. The van der Waals surface area contributed by atoms with Crippen molar-refractivity contribution in [3.8, 4) is 0 Å². The van der Waals surface area contributed by atoms with Gasteiger partial charge in [-0.05, 0) is 12.8 Å². The van der Waals surface area contributed by atoms with Crippen LogP contribution in [0.15, 0.2) is 12.5 Å². The third-order valence-corrected chi connectivity index (χ3v) is 5.07. The van der Waals surface area contributed by atoms with E-state index in [1.165, 1.54) is 17.4 Å². The fourth-order valence-electron chi connectivity index (χ4n) is 3.30. The zero-order valence-electron chi connectivity index (χ0n) is 14.6. The van der Waals surface area contributed by atoms with E-state index in [0.717, 1.165) is 4.90 Å². The maximum Gasteiger partial charge on any atom is 0.267 e. The molecule has 0 aromatic carbocycles. The third kappa shape index (κ3) is 2.96. The lowest BCUT2D eigenvalue weighted by atomic mass is 10.00. The molecule has 1 aliphatic heterocycles. The molecule has 0 bridgehead atoms. The molecule has 1 aliphatic carbocycles. The highest BCUT2D eigenvalue weighted by Gasteiger charge is 2.55. The molecule has 4 amide bonds. The average Bonchev–Trinajstić information content (AvgIpc) is 3.23. The number of aryl methyl sites for hydroxylation is 1. The lowest BCUT2D eigenvalue weighted by molar-refractivity contribution is -0.148. The number of carbonyl (C=O) groups is 4. The number of hydrogen-bond acceptors (Lipinski definition) is 6. The molecule has 10 heteroatoms. The van der Waals surface area contributed by atoms with Crippen molar-refractivity contribution >= 4 is 23.6 Å². The van der Waals surface area contributed by atoms with E-state index in [9.17, 15) is 19.2 Å². The van der Waals surface area contributed by atoms with Crippen molar-refractivity contribution in [2.75, 3.05) is 13.6 Å². The quantitative estimate of drug-likeness (QED) is 0.377. The van der Waals surface area contributed by atoms with Gasteiger partial charge in [0.2, 0.25) is 17.7 Å². The average molecular weight is 363 g/mol. The van der Waals surface area contributed by atoms with E-state index in [4.69, 9.17) is 5.21 Å². The predicted octanol–water partition coefficient (Wildman–Crippen LogP) is -1.07. The molecule has 1 aromatic heterocycles. The minimum atomic E-state index is -1.18. The van der Waals surface area contributed by atoms with Crippen molar-refractivity contribution in [2.45, 2.75) is 37.1 Å². The Kier molecular flexibility index (Phi) is 4.53. The summed E-state index contributed by atoms with van der Waals surface area (Å²) in [5.74, 6) is -1.97. The summed E-state index contributed by atoms with van der Waals surface area (Å²) in [4.78, 5) is 55.3. The maximum atomic E-state index is 13.1. The molecule has 0 spiro atoms. The Hall–Kier alpha value is -2.75. The topological polar surface area (TPSA) is 125 Å². The first-order chi connectivity index (χ1) is 12.3. The molecule has 10 nitrogen and oxygen atoms in total. The normalized spacial score (nSPS) is 19.4. The Morgan fingerprint density at radius 2 is 1.96 bits per heavy atom. The second kappa shape index (κ2) is 6.52. The van der Waals surface area contributed by atoms with Gasteiger partial charge in [0.1, 0.15) is 6.04 Å². The molecule has 2 N–H and O–H groups in total. The van der Waals surface area contributed by atoms with Crippen molar-refractivity contribution in [1.82, 2.24) is 24.8 Å². The first-order valence-corrected chi connectivity index (χ1v) is 8.33. The second-order valence-electron chi connectivity index (χ2n) is 6.81. The molecule has 2 aliphatic rings. The summed E-state index contributed by atoms with van der Waals surface area (Å²) in [7, 11) is 3.23. The molecule has 26 heavy (non-hydrogen) atoms. The van der Waals surface area contributed by atoms with E-state index in [2.05, 4.69) is 4.98 Å². The second-order valence-corrected chi connectivity index (χ2v) is 6.81. The van der Waals surface area contributed by atoms with Crippen molar-refractivity contribution < 1.29 is 24.4 Å². The molecule has 1 saturated carbocycles. The number of amides is 4. The van der Waals surface area contributed by atoms with E-state index >= 15 is 0 Å². The van der Waals surface area contributed by atoms with E-state index in [-0.39, 0.29) is 25.3 Å². The smallest absolute Gasteiger partial charge is 0.267 e. The number of likely N-dealkylation sites (tertiary alicyclic amines) is 1. The minimum absolute atomic E-state index is 0.0851. The van der Waals surface area contributed by atoms with Crippen molar-refractivity contribution in [2.24, 2.45) is 7.05 Å². The highest BCUT2D eigenvalue weighted by molar-refractivity contribution is 6.03. The lowest BCUT2D eigenvalue weighted by Gasteiger charge is -2.31. The van der Waals surface area contributed by atoms with Gasteiger partial charge in [0.15, 0.2) is 0 Å². The zero-order chi connectivity index (χ0) is 19.1. The monoisotopic (exact) mass is 363 g/mol. The van der Waals surface area contributed by atoms with E-state index < -0.39 is 29.2 Å². The fraction of sp³-hybridized carbons (Fsp3) is 0.562. The molecule has 0 unspecified atom stereocenters. The summed E-state index contributed by atoms with van der Waals surface area (Å²) < 4.78 is 1.74. The zero-order valence-corrected chi connectivity index (χ0v) is 14.6. The Balaban J connectivity index is 1.82. The third-order valence-electron chi connectivity index (χ3n) is 5.07. The number of imidazole rings is 1. The summed E-state index contributed by atoms with van der Waals surface area (Å²) in [6.07, 6.45) is 4.73. The molecule has 3 rings (SSSR count). The molecule has 1 saturated heterocycles. The maximum absolute atomic E-state index is 13.1. The van der Waals surface area contributed by atoms with Crippen LogP contribution in [0.1, 0.15) is 31.4 Å². The largest absolute Gasteiger partial charge is 0.340 e. The molecular weight excluding hydrogens is 342 g/mol.